The van der Waals surface area contributed by atoms with E-state index in [0.29, 0.717) is 5.75 Å². The van der Waals surface area contributed by atoms with E-state index in [1.165, 1.54) is 6.08 Å². The van der Waals surface area contributed by atoms with E-state index in [-0.39, 0.29) is 5.57 Å². The molecule has 0 heterocycles. The molecule has 0 aliphatic carbocycles. The molecule has 0 amide bonds. The van der Waals surface area contributed by atoms with Crippen LogP contribution in [0.5, 0.6) is 5.75 Å². The highest BCUT2D eigenvalue weighted by atomic mass is 16.5. The molecule has 1 N–H and O–H groups in total. The Balaban J connectivity index is 2.71. The van der Waals surface area contributed by atoms with Crippen LogP contribution in [0.25, 0.3) is 0 Å². The molecule has 4 heteroatoms. The number of carbonyl (C=O) groups is 1. The number of hydrogen-bond donors (Lipinski definition) is 1. The minimum absolute atomic E-state index is 0.316. The van der Waals surface area contributed by atoms with Gasteiger partial charge in [-0.25, -0.2) is 4.79 Å². The average Bonchev–Trinajstić information content (AvgIpc) is 2.27. The number of para-hydroxylation sites is 1. The van der Waals surface area contributed by atoms with Crippen molar-refractivity contribution in [1.82, 2.24) is 0 Å². The van der Waals surface area contributed by atoms with Crippen LogP contribution >= 0.6 is 0 Å². The summed E-state index contributed by atoms with van der Waals surface area (Å²) in [5.41, 5.74) is -0.316. The predicted octanol–water partition coefficient (Wildman–Crippen LogP) is 1.99. The number of rotatable bonds is 4. The summed E-state index contributed by atoms with van der Waals surface area (Å²) < 4.78 is 5.41. The highest BCUT2D eigenvalue weighted by molar-refractivity contribution is 5.91. The van der Waals surface area contributed by atoms with E-state index in [9.17, 15) is 4.79 Å². The standard InChI is InChI=1S/C12H11NO3/c1-9(7-10(8-13)12(14)15)16-11-5-3-2-4-6-11/h2-7,9H,1H3,(H,14,15). The summed E-state index contributed by atoms with van der Waals surface area (Å²) in [6, 6.07) is 10.6. The second kappa shape index (κ2) is 5.56. The molecule has 0 fully saturated rings. The van der Waals surface area contributed by atoms with Gasteiger partial charge < -0.3 is 9.84 Å². The van der Waals surface area contributed by atoms with Crippen molar-refractivity contribution < 1.29 is 14.6 Å². The van der Waals surface area contributed by atoms with Crippen LogP contribution in [0, 0.1) is 11.3 Å². The molecule has 0 saturated heterocycles. The van der Waals surface area contributed by atoms with Gasteiger partial charge in [-0.1, -0.05) is 18.2 Å². The molecule has 4 nitrogen and oxygen atoms in total. The number of nitrogens with zero attached hydrogens (tertiary/aromatic N) is 1. The molecule has 0 aliphatic rings. The van der Waals surface area contributed by atoms with Gasteiger partial charge in [0.25, 0.3) is 0 Å². The Morgan fingerprint density at radius 2 is 2.12 bits per heavy atom. The van der Waals surface area contributed by atoms with Gasteiger partial charge in [-0.2, -0.15) is 5.26 Å². The molecule has 1 rings (SSSR count). The summed E-state index contributed by atoms with van der Waals surface area (Å²) in [4.78, 5) is 10.6. The molecule has 0 saturated carbocycles. The number of carboxylic acids is 1. The lowest BCUT2D eigenvalue weighted by molar-refractivity contribution is -0.132. The summed E-state index contributed by atoms with van der Waals surface area (Å²) in [7, 11) is 0. The number of nitriles is 1. The maximum Gasteiger partial charge on any atom is 0.346 e. The Kier molecular flexibility index (Phi) is 4.10. The van der Waals surface area contributed by atoms with Crippen LogP contribution in [0.1, 0.15) is 6.92 Å². The summed E-state index contributed by atoms with van der Waals surface area (Å²) in [6.07, 6.45) is 0.808. The van der Waals surface area contributed by atoms with Crippen LogP contribution < -0.4 is 4.74 Å². The monoisotopic (exact) mass is 217 g/mol. The van der Waals surface area contributed by atoms with Gasteiger partial charge in [0.15, 0.2) is 0 Å². The lowest BCUT2D eigenvalue weighted by Crippen LogP contribution is -2.11. The van der Waals surface area contributed by atoms with Crippen molar-refractivity contribution in [3.63, 3.8) is 0 Å². The number of ether oxygens (including phenoxy) is 1. The van der Waals surface area contributed by atoms with E-state index < -0.39 is 12.1 Å². The Hall–Kier alpha value is -2.28. The quantitative estimate of drug-likeness (QED) is 0.618. The van der Waals surface area contributed by atoms with Crippen LogP contribution in [0.4, 0.5) is 0 Å². The van der Waals surface area contributed by atoms with Crippen LogP contribution in [0.3, 0.4) is 0 Å². The van der Waals surface area contributed by atoms with Gasteiger partial charge in [0.05, 0.1) is 0 Å². The fraction of sp³-hybridized carbons (Fsp3) is 0.167. The molecule has 1 atom stereocenters. The first kappa shape index (κ1) is 11.8. The molecule has 82 valence electrons. The van der Waals surface area contributed by atoms with Gasteiger partial charge in [-0.3, -0.25) is 0 Å². The van der Waals surface area contributed by atoms with Crippen molar-refractivity contribution in [1.29, 1.82) is 5.26 Å². The minimum atomic E-state index is -1.24. The molecule has 0 bridgehead atoms. The predicted molar refractivity (Wildman–Crippen MR) is 57.9 cm³/mol. The second-order valence-electron chi connectivity index (χ2n) is 3.13. The van der Waals surface area contributed by atoms with E-state index in [2.05, 4.69) is 0 Å². The Labute approximate surface area is 93.4 Å². The van der Waals surface area contributed by atoms with Crippen LogP contribution in [0.15, 0.2) is 42.0 Å². The van der Waals surface area contributed by atoms with E-state index in [4.69, 9.17) is 15.1 Å². The molecule has 16 heavy (non-hydrogen) atoms. The SMILES string of the molecule is CC(C=C(C#N)C(=O)O)Oc1ccccc1. The highest BCUT2D eigenvalue weighted by Gasteiger charge is 2.09. The fourth-order valence-electron chi connectivity index (χ4n) is 1.14. The van der Waals surface area contributed by atoms with E-state index in [0.717, 1.165) is 0 Å². The van der Waals surface area contributed by atoms with Crippen molar-refractivity contribution in [3.05, 3.63) is 42.0 Å². The zero-order valence-corrected chi connectivity index (χ0v) is 8.75. The zero-order chi connectivity index (χ0) is 12.0. The van der Waals surface area contributed by atoms with Crippen LogP contribution in [-0.4, -0.2) is 17.2 Å². The molecule has 0 radical (unpaired) electrons. The smallest absolute Gasteiger partial charge is 0.346 e. The number of hydrogen-bond acceptors (Lipinski definition) is 3. The number of aliphatic carboxylic acids is 1. The largest absolute Gasteiger partial charge is 0.487 e. The highest BCUT2D eigenvalue weighted by Crippen LogP contribution is 2.12. The van der Waals surface area contributed by atoms with Gasteiger partial charge in [0.2, 0.25) is 0 Å². The summed E-state index contributed by atoms with van der Waals surface area (Å²) in [5, 5.41) is 17.2. The third-order valence-electron chi connectivity index (χ3n) is 1.82. The van der Waals surface area contributed by atoms with Gasteiger partial charge in [-0.15, -0.1) is 0 Å². The summed E-state index contributed by atoms with van der Waals surface area (Å²) in [6.45, 7) is 1.67. The molecule has 0 aromatic heterocycles. The second-order valence-corrected chi connectivity index (χ2v) is 3.13. The molecule has 1 aromatic carbocycles. The Bertz CT molecular complexity index is 431. The van der Waals surface area contributed by atoms with Crippen molar-refractivity contribution >= 4 is 5.97 Å². The fourth-order valence-corrected chi connectivity index (χ4v) is 1.14. The minimum Gasteiger partial charge on any atom is -0.487 e. The van der Waals surface area contributed by atoms with Crippen LogP contribution in [-0.2, 0) is 4.79 Å². The third-order valence-corrected chi connectivity index (χ3v) is 1.82. The maximum atomic E-state index is 10.6. The molecular formula is C12H11NO3. The molecule has 1 aromatic rings. The van der Waals surface area contributed by atoms with Crippen LogP contribution in [0.2, 0.25) is 0 Å². The normalized spacial score (nSPS) is 12.6. The maximum absolute atomic E-state index is 10.6. The first-order valence-corrected chi connectivity index (χ1v) is 4.70. The van der Waals surface area contributed by atoms with Gasteiger partial charge in [0.1, 0.15) is 23.5 Å². The first-order chi connectivity index (χ1) is 7.63. The first-order valence-electron chi connectivity index (χ1n) is 4.70. The van der Waals surface area contributed by atoms with Gasteiger partial charge in [0, 0.05) is 0 Å². The molecule has 1 unspecified atom stereocenters. The number of benzene rings is 1. The van der Waals surface area contributed by atoms with Crippen molar-refractivity contribution in [2.45, 2.75) is 13.0 Å². The molecule has 0 aliphatic heterocycles. The third kappa shape index (κ3) is 3.46. The average molecular weight is 217 g/mol. The van der Waals surface area contributed by atoms with Crippen molar-refractivity contribution in [3.8, 4) is 11.8 Å². The summed E-state index contributed by atoms with van der Waals surface area (Å²) in [5.74, 6) is -0.611. The van der Waals surface area contributed by atoms with Crippen molar-refractivity contribution in [2.75, 3.05) is 0 Å². The van der Waals surface area contributed by atoms with Crippen molar-refractivity contribution in [2.24, 2.45) is 0 Å². The molecule has 0 spiro atoms. The number of carboxylic acid groups (broad SMARTS) is 1. The molecular weight excluding hydrogens is 206 g/mol. The lowest BCUT2D eigenvalue weighted by atomic mass is 10.2. The zero-order valence-electron chi connectivity index (χ0n) is 8.75. The lowest BCUT2D eigenvalue weighted by Gasteiger charge is -2.10. The Morgan fingerprint density at radius 1 is 1.50 bits per heavy atom. The van der Waals surface area contributed by atoms with E-state index >= 15 is 0 Å². The topological polar surface area (TPSA) is 70.3 Å². The van der Waals surface area contributed by atoms with E-state index in [1.807, 2.05) is 18.2 Å². The van der Waals surface area contributed by atoms with Gasteiger partial charge >= 0.3 is 5.97 Å². The summed E-state index contributed by atoms with van der Waals surface area (Å²) >= 11 is 0. The van der Waals surface area contributed by atoms with E-state index in [1.54, 1.807) is 25.1 Å². The van der Waals surface area contributed by atoms with Gasteiger partial charge in [-0.05, 0) is 25.1 Å². The Morgan fingerprint density at radius 3 is 2.62 bits per heavy atom.